The van der Waals surface area contributed by atoms with E-state index in [1.54, 1.807) is 18.2 Å². The van der Waals surface area contributed by atoms with E-state index in [2.05, 4.69) is 4.98 Å². The van der Waals surface area contributed by atoms with Gasteiger partial charge in [-0.05, 0) is 36.4 Å². The summed E-state index contributed by atoms with van der Waals surface area (Å²) in [5.41, 5.74) is 7.20. The molecule has 2 N–H and O–H groups in total. The number of fused-ring (bicyclic) bond motifs is 1. The lowest BCUT2D eigenvalue weighted by Gasteiger charge is -1.98. The Morgan fingerprint density at radius 3 is 2.72 bits per heavy atom. The predicted octanol–water partition coefficient (Wildman–Crippen LogP) is 3.82. The van der Waals surface area contributed by atoms with Gasteiger partial charge >= 0.3 is 0 Å². The van der Waals surface area contributed by atoms with Crippen LogP contribution in [0.25, 0.3) is 20.8 Å². The van der Waals surface area contributed by atoms with Gasteiger partial charge in [0, 0.05) is 11.3 Å². The Balaban J connectivity index is 2.22. The van der Waals surface area contributed by atoms with Crippen LogP contribution in [0, 0.1) is 11.6 Å². The van der Waals surface area contributed by atoms with Gasteiger partial charge in [-0.2, -0.15) is 0 Å². The second kappa shape index (κ2) is 4.03. The summed E-state index contributed by atoms with van der Waals surface area (Å²) in [6.07, 6.45) is 0. The SMILES string of the molecule is Nc1ccc2nc(-c3cc(F)ccc3F)sc2c1. The zero-order chi connectivity index (χ0) is 12.7. The third-order valence-electron chi connectivity index (χ3n) is 2.57. The van der Waals surface area contributed by atoms with Crippen molar-refractivity contribution in [2.45, 2.75) is 0 Å². The Kier molecular flexibility index (Phi) is 2.48. The van der Waals surface area contributed by atoms with E-state index >= 15 is 0 Å². The fourth-order valence-electron chi connectivity index (χ4n) is 1.72. The zero-order valence-corrected chi connectivity index (χ0v) is 9.97. The molecule has 0 radical (unpaired) electrons. The smallest absolute Gasteiger partial charge is 0.133 e. The molecule has 2 aromatic carbocycles. The minimum absolute atomic E-state index is 0.176. The van der Waals surface area contributed by atoms with Crippen LogP contribution >= 0.6 is 11.3 Å². The first kappa shape index (κ1) is 11.1. The molecule has 0 amide bonds. The summed E-state index contributed by atoms with van der Waals surface area (Å²) in [7, 11) is 0. The molecule has 0 aliphatic carbocycles. The molecule has 18 heavy (non-hydrogen) atoms. The van der Waals surface area contributed by atoms with Crippen LogP contribution in [0.4, 0.5) is 14.5 Å². The lowest BCUT2D eigenvalue weighted by Crippen LogP contribution is -1.85. The van der Waals surface area contributed by atoms with E-state index in [0.717, 1.165) is 28.4 Å². The molecule has 0 spiro atoms. The minimum Gasteiger partial charge on any atom is -0.399 e. The summed E-state index contributed by atoms with van der Waals surface area (Å²) in [6, 6.07) is 8.61. The summed E-state index contributed by atoms with van der Waals surface area (Å²) in [6.45, 7) is 0. The Hall–Kier alpha value is -2.01. The van der Waals surface area contributed by atoms with Crippen molar-refractivity contribution in [2.75, 3.05) is 5.73 Å². The lowest BCUT2D eigenvalue weighted by molar-refractivity contribution is 0.603. The van der Waals surface area contributed by atoms with E-state index in [1.807, 2.05) is 0 Å². The monoisotopic (exact) mass is 262 g/mol. The number of hydrogen-bond acceptors (Lipinski definition) is 3. The van der Waals surface area contributed by atoms with Crippen molar-refractivity contribution in [2.24, 2.45) is 0 Å². The van der Waals surface area contributed by atoms with Crippen LogP contribution in [-0.2, 0) is 0 Å². The highest BCUT2D eigenvalue weighted by molar-refractivity contribution is 7.21. The number of anilines is 1. The second-order valence-corrected chi connectivity index (χ2v) is 4.90. The van der Waals surface area contributed by atoms with Crippen LogP contribution < -0.4 is 5.73 Å². The van der Waals surface area contributed by atoms with E-state index in [4.69, 9.17) is 5.73 Å². The van der Waals surface area contributed by atoms with E-state index in [-0.39, 0.29) is 5.56 Å². The molecule has 0 aliphatic heterocycles. The van der Waals surface area contributed by atoms with Crippen molar-refractivity contribution in [1.82, 2.24) is 4.98 Å². The molecule has 0 fully saturated rings. The van der Waals surface area contributed by atoms with Gasteiger partial charge in [-0.25, -0.2) is 13.8 Å². The van der Waals surface area contributed by atoms with E-state index in [0.29, 0.717) is 10.7 Å². The third-order valence-corrected chi connectivity index (χ3v) is 3.62. The number of benzene rings is 2. The average molecular weight is 262 g/mol. The minimum atomic E-state index is -0.483. The highest BCUT2D eigenvalue weighted by Gasteiger charge is 2.11. The highest BCUT2D eigenvalue weighted by atomic mass is 32.1. The maximum Gasteiger partial charge on any atom is 0.133 e. The summed E-state index contributed by atoms with van der Waals surface area (Å²) < 4.78 is 27.6. The predicted molar refractivity (Wildman–Crippen MR) is 69.4 cm³/mol. The number of aromatic nitrogens is 1. The van der Waals surface area contributed by atoms with Crippen LogP contribution in [0.1, 0.15) is 0 Å². The zero-order valence-electron chi connectivity index (χ0n) is 9.15. The molecule has 0 saturated heterocycles. The van der Waals surface area contributed by atoms with E-state index < -0.39 is 11.6 Å². The van der Waals surface area contributed by atoms with Crippen LogP contribution in [0.2, 0.25) is 0 Å². The first-order valence-electron chi connectivity index (χ1n) is 5.25. The van der Waals surface area contributed by atoms with Gasteiger partial charge in [-0.15, -0.1) is 11.3 Å². The van der Waals surface area contributed by atoms with Gasteiger partial charge in [0.25, 0.3) is 0 Å². The fourth-order valence-corrected chi connectivity index (χ4v) is 2.75. The van der Waals surface area contributed by atoms with Crippen LogP contribution in [0.3, 0.4) is 0 Å². The summed E-state index contributed by atoms with van der Waals surface area (Å²) in [5.74, 6) is -0.964. The topological polar surface area (TPSA) is 38.9 Å². The highest BCUT2D eigenvalue weighted by Crippen LogP contribution is 2.32. The number of rotatable bonds is 1. The third kappa shape index (κ3) is 1.82. The summed E-state index contributed by atoms with van der Waals surface area (Å²) in [4.78, 5) is 4.28. The molecule has 1 aromatic heterocycles. The number of thiazole rings is 1. The Morgan fingerprint density at radius 1 is 1.06 bits per heavy atom. The second-order valence-electron chi connectivity index (χ2n) is 3.87. The summed E-state index contributed by atoms with van der Waals surface area (Å²) in [5, 5.41) is 0.451. The van der Waals surface area contributed by atoms with Gasteiger partial charge in [0.05, 0.1) is 10.2 Å². The van der Waals surface area contributed by atoms with Gasteiger partial charge in [-0.3, -0.25) is 0 Å². The number of nitrogens with zero attached hydrogens (tertiary/aromatic N) is 1. The van der Waals surface area contributed by atoms with E-state index in [9.17, 15) is 8.78 Å². The van der Waals surface area contributed by atoms with Gasteiger partial charge in [0.2, 0.25) is 0 Å². The fraction of sp³-hybridized carbons (Fsp3) is 0. The number of halogens is 2. The largest absolute Gasteiger partial charge is 0.399 e. The maximum atomic E-state index is 13.6. The average Bonchev–Trinajstić information content (AvgIpc) is 2.74. The van der Waals surface area contributed by atoms with Crippen molar-refractivity contribution < 1.29 is 8.78 Å². The normalized spacial score (nSPS) is 11.0. The number of nitrogens with two attached hydrogens (primary N) is 1. The van der Waals surface area contributed by atoms with Crippen molar-refractivity contribution in [1.29, 1.82) is 0 Å². The Bertz CT molecular complexity index is 737. The van der Waals surface area contributed by atoms with Crippen LogP contribution in [0.15, 0.2) is 36.4 Å². The molecule has 3 rings (SSSR count). The number of nitrogen functional groups attached to an aromatic ring is 1. The standard InChI is InChI=1S/C13H8F2N2S/c14-7-1-3-10(15)9(5-7)13-17-11-4-2-8(16)6-12(11)18-13/h1-6H,16H2. The van der Waals surface area contributed by atoms with Gasteiger partial charge < -0.3 is 5.73 Å². The van der Waals surface area contributed by atoms with Crippen molar-refractivity contribution >= 4 is 27.2 Å². The van der Waals surface area contributed by atoms with Gasteiger partial charge in [0.1, 0.15) is 16.6 Å². The molecule has 3 aromatic rings. The molecule has 0 bridgehead atoms. The molecule has 5 heteroatoms. The molecule has 0 saturated carbocycles. The first-order chi connectivity index (χ1) is 8.63. The Morgan fingerprint density at radius 2 is 1.89 bits per heavy atom. The Labute approximate surface area is 106 Å². The van der Waals surface area contributed by atoms with Gasteiger partial charge in [-0.1, -0.05) is 0 Å². The molecule has 2 nitrogen and oxygen atoms in total. The van der Waals surface area contributed by atoms with E-state index in [1.165, 1.54) is 11.3 Å². The van der Waals surface area contributed by atoms with Gasteiger partial charge in [0.15, 0.2) is 0 Å². The summed E-state index contributed by atoms with van der Waals surface area (Å²) >= 11 is 1.29. The van der Waals surface area contributed by atoms with Crippen molar-refractivity contribution in [3.8, 4) is 10.6 Å². The maximum absolute atomic E-state index is 13.6. The molecule has 1 heterocycles. The molecular weight excluding hydrogens is 254 g/mol. The van der Waals surface area contributed by atoms with Crippen LogP contribution in [-0.4, -0.2) is 4.98 Å². The van der Waals surface area contributed by atoms with Crippen molar-refractivity contribution in [3.05, 3.63) is 48.0 Å². The number of hydrogen-bond donors (Lipinski definition) is 1. The molecule has 0 unspecified atom stereocenters. The van der Waals surface area contributed by atoms with Crippen molar-refractivity contribution in [3.63, 3.8) is 0 Å². The molecule has 0 aliphatic rings. The lowest BCUT2D eigenvalue weighted by atomic mass is 10.2. The van der Waals surface area contributed by atoms with Crippen LogP contribution in [0.5, 0.6) is 0 Å². The molecule has 0 atom stereocenters. The quantitative estimate of drug-likeness (QED) is 0.677. The first-order valence-corrected chi connectivity index (χ1v) is 6.06. The molecular formula is C13H8F2N2S. The molecule has 90 valence electrons.